The zero-order valence-corrected chi connectivity index (χ0v) is 7.79. The molecule has 0 spiro atoms. The molecular weight excluding hydrogens is 144 g/mol. The normalized spacial score (nSPS) is 12.8. The van der Waals surface area contributed by atoms with E-state index in [4.69, 9.17) is 0 Å². The fraction of sp³-hybridized carbons (Fsp3) is 0.417. The first-order chi connectivity index (χ1) is 5.84. The Bertz CT molecular complexity index is 201. The Morgan fingerprint density at radius 3 is 2.50 bits per heavy atom. The van der Waals surface area contributed by atoms with E-state index < -0.39 is 0 Å². The minimum Gasteiger partial charge on any atom is -0.0654 e. The summed E-state index contributed by atoms with van der Waals surface area (Å²) >= 11 is 0. The molecule has 0 heteroatoms. The van der Waals surface area contributed by atoms with Gasteiger partial charge >= 0.3 is 0 Å². The molecular formula is C12H17. The molecule has 1 atom stereocenters. The van der Waals surface area contributed by atoms with Crippen molar-refractivity contribution >= 4 is 0 Å². The van der Waals surface area contributed by atoms with E-state index in [2.05, 4.69) is 44.2 Å². The molecule has 0 saturated heterocycles. The number of rotatable bonds is 4. The molecule has 12 heavy (non-hydrogen) atoms. The highest BCUT2D eigenvalue weighted by Crippen LogP contribution is 2.19. The highest BCUT2D eigenvalue weighted by atomic mass is 14.1. The van der Waals surface area contributed by atoms with Crippen LogP contribution in [0, 0.1) is 6.92 Å². The van der Waals surface area contributed by atoms with Crippen LogP contribution in [0.5, 0.6) is 0 Å². The van der Waals surface area contributed by atoms with E-state index in [0.29, 0.717) is 5.92 Å². The van der Waals surface area contributed by atoms with Gasteiger partial charge < -0.3 is 0 Å². The van der Waals surface area contributed by atoms with Crippen LogP contribution in [0.25, 0.3) is 0 Å². The van der Waals surface area contributed by atoms with Crippen molar-refractivity contribution in [2.75, 3.05) is 0 Å². The minimum atomic E-state index is 0.478. The molecule has 0 bridgehead atoms. The highest BCUT2D eigenvalue weighted by molar-refractivity contribution is 5.19. The van der Waals surface area contributed by atoms with Gasteiger partial charge in [0.15, 0.2) is 0 Å². The molecule has 0 aliphatic heterocycles. The van der Waals surface area contributed by atoms with Crippen molar-refractivity contribution in [1.29, 1.82) is 0 Å². The van der Waals surface area contributed by atoms with Gasteiger partial charge in [0.2, 0.25) is 0 Å². The van der Waals surface area contributed by atoms with Crippen LogP contribution in [0.1, 0.15) is 37.7 Å². The van der Waals surface area contributed by atoms with Crippen molar-refractivity contribution in [3.05, 3.63) is 42.8 Å². The lowest BCUT2D eigenvalue weighted by molar-refractivity contribution is 0.661. The summed E-state index contributed by atoms with van der Waals surface area (Å²) in [6.45, 7) is 6.37. The zero-order valence-electron chi connectivity index (χ0n) is 7.79. The molecule has 0 aromatic heterocycles. The van der Waals surface area contributed by atoms with Crippen LogP contribution in [0.2, 0.25) is 0 Å². The van der Waals surface area contributed by atoms with Gasteiger partial charge in [-0.15, -0.1) is 0 Å². The van der Waals surface area contributed by atoms with E-state index in [0.717, 1.165) is 0 Å². The Morgan fingerprint density at radius 1 is 1.25 bits per heavy atom. The average Bonchev–Trinajstić information content (AvgIpc) is 2.15. The highest BCUT2D eigenvalue weighted by Gasteiger charge is 2.02. The van der Waals surface area contributed by atoms with E-state index in [1.165, 1.54) is 24.8 Å². The topological polar surface area (TPSA) is 0 Å². The summed E-state index contributed by atoms with van der Waals surface area (Å²) in [4.78, 5) is 0. The van der Waals surface area contributed by atoms with Gasteiger partial charge in [0, 0.05) is 0 Å². The summed E-state index contributed by atoms with van der Waals surface area (Å²) in [5.74, 6) is 0.478. The summed E-state index contributed by atoms with van der Waals surface area (Å²) in [5, 5.41) is 0. The van der Waals surface area contributed by atoms with Crippen LogP contribution in [-0.4, -0.2) is 0 Å². The van der Waals surface area contributed by atoms with Crippen LogP contribution in [-0.2, 0) is 0 Å². The van der Waals surface area contributed by atoms with Gasteiger partial charge in [-0.2, -0.15) is 0 Å². The molecule has 0 nitrogen and oxygen atoms in total. The second-order valence-corrected chi connectivity index (χ2v) is 3.25. The molecule has 0 fully saturated rings. The molecule has 0 amide bonds. The van der Waals surface area contributed by atoms with E-state index in [9.17, 15) is 0 Å². The van der Waals surface area contributed by atoms with Gasteiger partial charge in [0.25, 0.3) is 0 Å². The predicted molar refractivity (Wildman–Crippen MR) is 54.1 cm³/mol. The molecule has 65 valence electrons. The lowest BCUT2D eigenvalue weighted by Gasteiger charge is -2.09. The maximum absolute atomic E-state index is 4.15. The van der Waals surface area contributed by atoms with Crippen molar-refractivity contribution in [2.24, 2.45) is 0 Å². The van der Waals surface area contributed by atoms with Crippen molar-refractivity contribution < 1.29 is 0 Å². The minimum absolute atomic E-state index is 0.478. The van der Waals surface area contributed by atoms with E-state index in [-0.39, 0.29) is 0 Å². The van der Waals surface area contributed by atoms with Gasteiger partial charge in [-0.1, -0.05) is 50.1 Å². The monoisotopic (exact) mass is 161 g/mol. The van der Waals surface area contributed by atoms with Crippen molar-refractivity contribution in [2.45, 2.75) is 32.1 Å². The molecule has 0 heterocycles. The van der Waals surface area contributed by atoms with Crippen molar-refractivity contribution in [1.82, 2.24) is 0 Å². The second-order valence-electron chi connectivity index (χ2n) is 3.25. The maximum atomic E-state index is 4.15. The summed E-state index contributed by atoms with van der Waals surface area (Å²) in [7, 11) is 0. The van der Waals surface area contributed by atoms with Gasteiger partial charge in [-0.3, -0.25) is 0 Å². The van der Waals surface area contributed by atoms with Crippen LogP contribution < -0.4 is 0 Å². The molecule has 1 aromatic rings. The van der Waals surface area contributed by atoms with Gasteiger partial charge in [0.1, 0.15) is 0 Å². The fourth-order valence-corrected chi connectivity index (χ4v) is 1.34. The molecule has 1 unspecified atom stereocenters. The molecule has 0 aliphatic carbocycles. The van der Waals surface area contributed by atoms with Gasteiger partial charge in [-0.05, 0) is 24.8 Å². The van der Waals surface area contributed by atoms with Crippen molar-refractivity contribution in [3.63, 3.8) is 0 Å². The first-order valence-electron chi connectivity index (χ1n) is 4.72. The van der Waals surface area contributed by atoms with Crippen LogP contribution in [0.15, 0.2) is 30.3 Å². The number of hydrogen-bond donors (Lipinski definition) is 0. The van der Waals surface area contributed by atoms with E-state index >= 15 is 0 Å². The number of hydrogen-bond acceptors (Lipinski definition) is 0. The average molecular weight is 161 g/mol. The number of benzene rings is 1. The Balaban J connectivity index is 2.48. The lowest BCUT2D eigenvalue weighted by atomic mass is 9.96. The van der Waals surface area contributed by atoms with Gasteiger partial charge in [-0.25, -0.2) is 0 Å². The number of unbranched alkanes of at least 4 members (excludes halogenated alkanes) is 1. The third-order valence-electron chi connectivity index (χ3n) is 2.18. The Kier molecular flexibility index (Phi) is 3.86. The molecule has 1 aromatic carbocycles. The SMILES string of the molecule is [CH2]C(CCCC)c1ccccc1. The molecule has 0 saturated carbocycles. The van der Waals surface area contributed by atoms with Crippen LogP contribution >= 0.6 is 0 Å². The molecule has 0 aliphatic rings. The third-order valence-corrected chi connectivity index (χ3v) is 2.18. The third kappa shape index (κ3) is 2.69. The predicted octanol–water partition coefficient (Wildman–Crippen LogP) is 3.79. The summed E-state index contributed by atoms with van der Waals surface area (Å²) in [6, 6.07) is 10.5. The van der Waals surface area contributed by atoms with Crippen molar-refractivity contribution in [3.8, 4) is 0 Å². The Hall–Kier alpha value is -0.780. The lowest BCUT2D eigenvalue weighted by Crippen LogP contribution is -1.92. The molecule has 1 rings (SSSR count). The van der Waals surface area contributed by atoms with Crippen LogP contribution in [0.3, 0.4) is 0 Å². The zero-order chi connectivity index (χ0) is 8.81. The van der Waals surface area contributed by atoms with Gasteiger partial charge in [0.05, 0.1) is 0 Å². The Morgan fingerprint density at radius 2 is 1.92 bits per heavy atom. The maximum Gasteiger partial charge on any atom is -0.0162 e. The summed E-state index contributed by atoms with van der Waals surface area (Å²) in [6.07, 6.45) is 3.75. The first-order valence-corrected chi connectivity index (χ1v) is 4.72. The first kappa shape index (κ1) is 9.31. The molecule has 0 N–H and O–H groups in total. The summed E-state index contributed by atoms with van der Waals surface area (Å²) < 4.78 is 0. The van der Waals surface area contributed by atoms with E-state index in [1.54, 1.807) is 0 Å². The van der Waals surface area contributed by atoms with Crippen LogP contribution in [0.4, 0.5) is 0 Å². The van der Waals surface area contributed by atoms with E-state index in [1.807, 2.05) is 0 Å². The smallest absolute Gasteiger partial charge is 0.0162 e. The summed E-state index contributed by atoms with van der Waals surface area (Å²) in [5.41, 5.74) is 1.37. The quantitative estimate of drug-likeness (QED) is 0.630. The Labute approximate surface area is 75.6 Å². The standard InChI is InChI=1S/C12H17/c1-3-4-8-11(2)12-9-6-5-7-10-12/h5-7,9-11H,2-4,8H2,1H3. The largest absolute Gasteiger partial charge is 0.0654 e. The molecule has 1 radical (unpaired) electrons. The fourth-order valence-electron chi connectivity index (χ4n) is 1.34. The second kappa shape index (κ2) is 4.97.